The van der Waals surface area contributed by atoms with E-state index in [1.807, 2.05) is 6.92 Å². The van der Waals surface area contributed by atoms with Gasteiger partial charge in [0.15, 0.2) is 6.10 Å². The molecule has 0 spiro atoms. The summed E-state index contributed by atoms with van der Waals surface area (Å²) in [5, 5.41) is 2.65. The standard InChI is InChI=1S/C18H20N2O4/c1-3-23-13-8-10-14(11-9-13)24-12(2)18(22)20-16-7-5-4-6-15(16)17(19)21/h4-12H,3H2,1-2H3,(H2,19,21)(H,20,22). The van der Waals surface area contributed by atoms with Crippen molar-refractivity contribution in [3.63, 3.8) is 0 Å². The molecule has 3 N–H and O–H groups in total. The minimum atomic E-state index is -0.746. The molecule has 2 aromatic carbocycles. The second-order valence-electron chi connectivity index (χ2n) is 5.06. The molecule has 0 fully saturated rings. The number of carbonyl (C=O) groups is 2. The molecule has 126 valence electrons. The number of hydrogen-bond donors (Lipinski definition) is 2. The van der Waals surface area contributed by atoms with Gasteiger partial charge in [0.2, 0.25) is 0 Å². The highest BCUT2D eigenvalue weighted by Crippen LogP contribution is 2.19. The maximum atomic E-state index is 12.2. The Morgan fingerprint density at radius 3 is 2.33 bits per heavy atom. The number of amides is 2. The van der Waals surface area contributed by atoms with Gasteiger partial charge in [-0.3, -0.25) is 9.59 Å². The minimum absolute atomic E-state index is 0.249. The van der Waals surface area contributed by atoms with E-state index in [2.05, 4.69) is 5.32 Å². The number of carbonyl (C=O) groups excluding carboxylic acids is 2. The Balaban J connectivity index is 2.01. The second-order valence-corrected chi connectivity index (χ2v) is 5.06. The van der Waals surface area contributed by atoms with E-state index in [-0.39, 0.29) is 11.5 Å². The van der Waals surface area contributed by atoms with E-state index in [4.69, 9.17) is 15.2 Å². The lowest BCUT2D eigenvalue weighted by Gasteiger charge is -2.16. The summed E-state index contributed by atoms with van der Waals surface area (Å²) in [4.78, 5) is 23.6. The highest BCUT2D eigenvalue weighted by atomic mass is 16.5. The number of para-hydroxylation sites is 1. The third-order valence-electron chi connectivity index (χ3n) is 3.27. The van der Waals surface area contributed by atoms with Crippen molar-refractivity contribution in [2.24, 2.45) is 5.73 Å². The summed E-state index contributed by atoms with van der Waals surface area (Å²) in [7, 11) is 0. The van der Waals surface area contributed by atoms with E-state index in [1.165, 1.54) is 0 Å². The average molecular weight is 328 g/mol. The Morgan fingerprint density at radius 2 is 1.71 bits per heavy atom. The van der Waals surface area contributed by atoms with Gasteiger partial charge >= 0.3 is 0 Å². The number of anilines is 1. The predicted molar refractivity (Wildman–Crippen MR) is 91.3 cm³/mol. The molecule has 1 unspecified atom stereocenters. The van der Waals surface area contributed by atoms with Gasteiger partial charge in [-0.2, -0.15) is 0 Å². The molecule has 2 amide bonds. The Labute approximate surface area is 140 Å². The van der Waals surface area contributed by atoms with E-state index in [1.54, 1.807) is 55.5 Å². The molecule has 0 aliphatic carbocycles. The van der Waals surface area contributed by atoms with E-state index >= 15 is 0 Å². The van der Waals surface area contributed by atoms with Crippen molar-refractivity contribution < 1.29 is 19.1 Å². The monoisotopic (exact) mass is 328 g/mol. The van der Waals surface area contributed by atoms with Gasteiger partial charge in [0.1, 0.15) is 11.5 Å². The van der Waals surface area contributed by atoms with Crippen LogP contribution in [-0.2, 0) is 4.79 Å². The van der Waals surface area contributed by atoms with Crippen molar-refractivity contribution in [3.05, 3.63) is 54.1 Å². The van der Waals surface area contributed by atoms with Gasteiger partial charge < -0.3 is 20.5 Å². The van der Waals surface area contributed by atoms with Gasteiger partial charge in [0.05, 0.1) is 17.9 Å². The van der Waals surface area contributed by atoms with Crippen LogP contribution in [0.4, 0.5) is 5.69 Å². The fourth-order valence-electron chi connectivity index (χ4n) is 2.08. The summed E-state index contributed by atoms with van der Waals surface area (Å²) in [5.41, 5.74) is 5.90. The molecule has 0 bridgehead atoms. The minimum Gasteiger partial charge on any atom is -0.494 e. The topological polar surface area (TPSA) is 90.7 Å². The molecule has 0 saturated heterocycles. The molecule has 0 aromatic heterocycles. The van der Waals surface area contributed by atoms with Crippen molar-refractivity contribution in [2.75, 3.05) is 11.9 Å². The normalized spacial score (nSPS) is 11.4. The molecule has 1 atom stereocenters. The van der Waals surface area contributed by atoms with Gasteiger partial charge in [-0.15, -0.1) is 0 Å². The summed E-state index contributed by atoms with van der Waals surface area (Å²) in [6.45, 7) is 4.11. The SMILES string of the molecule is CCOc1ccc(OC(C)C(=O)Nc2ccccc2C(N)=O)cc1. The highest BCUT2D eigenvalue weighted by molar-refractivity contribution is 6.03. The zero-order valence-electron chi connectivity index (χ0n) is 13.6. The van der Waals surface area contributed by atoms with E-state index in [0.29, 0.717) is 18.0 Å². The summed E-state index contributed by atoms with van der Waals surface area (Å²) >= 11 is 0. The first-order valence-corrected chi connectivity index (χ1v) is 7.60. The molecule has 2 rings (SSSR count). The van der Waals surface area contributed by atoms with Crippen molar-refractivity contribution in [2.45, 2.75) is 20.0 Å². The lowest BCUT2D eigenvalue weighted by molar-refractivity contribution is -0.122. The quantitative estimate of drug-likeness (QED) is 0.817. The lowest BCUT2D eigenvalue weighted by atomic mass is 10.1. The van der Waals surface area contributed by atoms with Gasteiger partial charge in [0.25, 0.3) is 11.8 Å². The van der Waals surface area contributed by atoms with Crippen LogP contribution in [0.25, 0.3) is 0 Å². The van der Waals surface area contributed by atoms with E-state index < -0.39 is 12.0 Å². The number of primary amides is 1. The number of ether oxygens (including phenoxy) is 2. The predicted octanol–water partition coefficient (Wildman–Crippen LogP) is 2.59. The Morgan fingerprint density at radius 1 is 1.08 bits per heavy atom. The molecule has 6 heteroatoms. The molecule has 24 heavy (non-hydrogen) atoms. The number of benzene rings is 2. The van der Waals surface area contributed by atoms with Crippen molar-refractivity contribution in [3.8, 4) is 11.5 Å². The van der Waals surface area contributed by atoms with Crippen LogP contribution in [-0.4, -0.2) is 24.5 Å². The molecular weight excluding hydrogens is 308 g/mol. The molecule has 0 heterocycles. The fraction of sp³-hybridized carbons (Fsp3) is 0.222. The molecular formula is C18H20N2O4. The van der Waals surface area contributed by atoms with E-state index in [9.17, 15) is 9.59 Å². The number of rotatable bonds is 7. The maximum Gasteiger partial charge on any atom is 0.265 e. The third kappa shape index (κ3) is 4.49. The van der Waals surface area contributed by atoms with Crippen LogP contribution in [0.1, 0.15) is 24.2 Å². The molecule has 2 aromatic rings. The van der Waals surface area contributed by atoms with Crippen LogP contribution in [0.15, 0.2) is 48.5 Å². The van der Waals surface area contributed by atoms with Crippen LogP contribution in [0, 0.1) is 0 Å². The number of nitrogens with one attached hydrogen (secondary N) is 1. The Hall–Kier alpha value is -3.02. The smallest absolute Gasteiger partial charge is 0.265 e. The highest BCUT2D eigenvalue weighted by Gasteiger charge is 2.17. The largest absolute Gasteiger partial charge is 0.494 e. The summed E-state index contributed by atoms with van der Waals surface area (Å²) in [6, 6.07) is 13.5. The van der Waals surface area contributed by atoms with Crippen molar-refractivity contribution in [1.29, 1.82) is 0 Å². The van der Waals surface area contributed by atoms with Crippen LogP contribution >= 0.6 is 0 Å². The van der Waals surface area contributed by atoms with Crippen LogP contribution < -0.4 is 20.5 Å². The zero-order valence-corrected chi connectivity index (χ0v) is 13.6. The zero-order chi connectivity index (χ0) is 17.5. The van der Waals surface area contributed by atoms with Gasteiger partial charge in [-0.05, 0) is 50.2 Å². The maximum absolute atomic E-state index is 12.2. The first-order chi connectivity index (χ1) is 11.5. The fourth-order valence-corrected chi connectivity index (χ4v) is 2.08. The van der Waals surface area contributed by atoms with Crippen LogP contribution in [0.5, 0.6) is 11.5 Å². The van der Waals surface area contributed by atoms with Crippen molar-refractivity contribution >= 4 is 17.5 Å². The van der Waals surface area contributed by atoms with Crippen LogP contribution in [0.3, 0.4) is 0 Å². The van der Waals surface area contributed by atoms with E-state index in [0.717, 1.165) is 5.75 Å². The van der Waals surface area contributed by atoms with Gasteiger partial charge in [-0.25, -0.2) is 0 Å². The van der Waals surface area contributed by atoms with Gasteiger partial charge in [-0.1, -0.05) is 12.1 Å². The third-order valence-corrected chi connectivity index (χ3v) is 3.27. The molecule has 0 aliphatic rings. The molecule has 0 radical (unpaired) electrons. The first kappa shape index (κ1) is 17.3. The average Bonchev–Trinajstić information content (AvgIpc) is 2.57. The molecule has 6 nitrogen and oxygen atoms in total. The summed E-state index contributed by atoms with van der Waals surface area (Å²) in [5.74, 6) is 0.296. The summed E-state index contributed by atoms with van der Waals surface area (Å²) < 4.78 is 10.9. The first-order valence-electron chi connectivity index (χ1n) is 7.60. The van der Waals surface area contributed by atoms with Crippen LogP contribution in [0.2, 0.25) is 0 Å². The second kappa shape index (κ2) is 8.01. The molecule has 0 saturated carbocycles. The number of nitrogens with two attached hydrogens (primary N) is 1. The molecule has 0 aliphatic heterocycles. The lowest BCUT2D eigenvalue weighted by Crippen LogP contribution is -2.31. The van der Waals surface area contributed by atoms with Crippen molar-refractivity contribution in [1.82, 2.24) is 0 Å². The number of hydrogen-bond acceptors (Lipinski definition) is 4. The van der Waals surface area contributed by atoms with Gasteiger partial charge in [0, 0.05) is 0 Å². The Bertz CT molecular complexity index is 713. The Kier molecular flexibility index (Phi) is 5.78. The summed E-state index contributed by atoms with van der Waals surface area (Å²) in [6.07, 6.45) is -0.746.